The van der Waals surface area contributed by atoms with Crippen LogP contribution in [0, 0.1) is 0 Å². The number of nitrogens with one attached hydrogen (secondary N) is 1. The first-order valence-corrected chi connectivity index (χ1v) is 13.8. The lowest BCUT2D eigenvalue weighted by atomic mass is 10.1. The third kappa shape index (κ3) is 5.34. The van der Waals surface area contributed by atoms with Gasteiger partial charge in [0.25, 0.3) is 0 Å². The predicted octanol–water partition coefficient (Wildman–Crippen LogP) is 3.46. The van der Waals surface area contributed by atoms with Crippen LogP contribution in [0.2, 0.25) is 0 Å². The summed E-state index contributed by atoms with van der Waals surface area (Å²) in [6, 6.07) is 7.94. The van der Waals surface area contributed by atoms with E-state index < -0.39 is 0 Å². The van der Waals surface area contributed by atoms with Crippen LogP contribution in [0.4, 0.5) is 5.13 Å². The molecule has 194 valence electrons. The van der Waals surface area contributed by atoms with E-state index in [4.69, 9.17) is 0 Å². The number of rotatable bonds is 4. The zero-order valence-electron chi connectivity index (χ0n) is 21.0. The summed E-state index contributed by atoms with van der Waals surface area (Å²) in [5, 5.41) is 12.6. The second-order valence-electron chi connectivity index (χ2n) is 9.45. The molecule has 0 bridgehead atoms. The van der Waals surface area contributed by atoms with Gasteiger partial charge in [-0.15, -0.1) is 11.3 Å². The molecule has 2 aliphatic rings. The van der Waals surface area contributed by atoms with E-state index in [1.54, 1.807) is 36.3 Å². The highest BCUT2D eigenvalue weighted by molar-refractivity contribution is 7.13. The van der Waals surface area contributed by atoms with Crippen LogP contribution in [0.1, 0.15) is 12.8 Å². The molecule has 10 nitrogen and oxygen atoms in total. The summed E-state index contributed by atoms with van der Waals surface area (Å²) in [4.78, 5) is 35.4. The Balaban J connectivity index is 0.000000139. The number of anilines is 1. The number of pyridine rings is 1. The van der Waals surface area contributed by atoms with E-state index in [1.165, 1.54) is 12.8 Å². The highest BCUT2D eigenvalue weighted by Crippen LogP contribution is 2.28. The van der Waals surface area contributed by atoms with E-state index in [0.29, 0.717) is 12.5 Å². The van der Waals surface area contributed by atoms with Crippen LogP contribution in [-0.2, 0) is 4.79 Å². The summed E-state index contributed by atoms with van der Waals surface area (Å²) in [7, 11) is 0. The topological polar surface area (TPSA) is 107 Å². The quantitative estimate of drug-likeness (QED) is 0.379. The molecule has 1 amide bonds. The van der Waals surface area contributed by atoms with Crippen molar-refractivity contribution in [3.63, 3.8) is 0 Å². The normalized spacial score (nSPS) is 16.1. The predicted molar refractivity (Wildman–Crippen MR) is 149 cm³/mol. The van der Waals surface area contributed by atoms with E-state index in [9.17, 15) is 4.79 Å². The number of benzene rings is 1. The summed E-state index contributed by atoms with van der Waals surface area (Å²) in [5.74, 6) is 0.292. The minimum Gasteiger partial charge on any atom is -0.345 e. The van der Waals surface area contributed by atoms with Crippen LogP contribution >= 0.6 is 11.3 Å². The van der Waals surface area contributed by atoms with E-state index in [1.807, 2.05) is 40.7 Å². The van der Waals surface area contributed by atoms with E-state index in [2.05, 4.69) is 39.9 Å². The van der Waals surface area contributed by atoms with Gasteiger partial charge in [-0.2, -0.15) is 5.10 Å². The van der Waals surface area contributed by atoms with Crippen molar-refractivity contribution >= 4 is 44.2 Å². The molecule has 0 atom stereocenters. The average Bonchev–Trinajstić information content (AvgIpc) is 3.76. The van der Waals surface area contributed by atoms with E-state index in [-0.39, 0.29) is 0 Å². The van der Waals surface area contributed by atoms with E-state index in [0.717, 1.165) is 77.5 Å². The van der Waals surface area contributed by atoms with Crippen LogP contribution in [-0.4, -0.2) is 91.7 Å². The first kappa shape index (κ1) is 24.4. The monoisotopic (exact) mass is 527 g/mol. The Morgan fingerprint density at radius 2 is 1.76 bits per heavy atom. The Kier molecular flexibility index (Phi) is 7.18. The van der Waals surface area contributed by atoms with Gasteiger partial charge >= 0.3 is 0 Å². The first-order chi connectivity index (χ1) is 18.7. The molecule has 4 aromatic heterocycles. The summed E-state index contributed by atoms with van der Waals surface area (Å²) in [5.41, 5.74) is 3.85. The summed E-state index contributed by atoms with van der Waals surface area (Å²) >= 11 is 1.67. The third-order valence-electron chi connectivity index (χ3n) is 7.02. The number of nitrogens with zero attached hydrogens (tertiary/aromatic N) is 8. The van der Waals surface area contributed by atoms with Crippen molar-refractivity contribution in [2.45, 2.75) is 12.8 Å². The molecular weight excluding hydrogens is 498 g/mol. The summed E-state index contributed by atoms with van der Waals surface area (Å²) in [6.45, 7) is 6.24. The maximum atomic E-state index is 12.2. The lowest BCUT2D eigenvalue weighted by molar-refractivity contribution is -0.132. The average molecular weight is 528 g/mol. The Hall–Kier alpha value is -3.96. The minimum absolute atomic E-state index is 0.292. The third-order valence-corrected chi connectivity index (χ3v) is 7.85. The number of likely N-dealkylation sites (tertiary alicyclic amines) is 1. The lowest BCUT2D eigenvalue weighted by Crippen LogP contribution is -2.51. The number of hydrogen-bond donors (Lipinski definition) is 1. The zero-order valence-corrected chi connectivity index (χ0v) is 21.8. The number of aromatic amines is 1. The molecule has 5 aromatic rings. The number of piperazine rings is 1. The molecule has 2 aliphatic heterocycles. The fourth-order valence-electron chi connectivity index (χ4n) is 4.98. The molecule has 0 aliphatic carbocycles. The van der Waals surface area contributed by atoms with Crippen LogP contribution in [0.15, 0.2) is 60.8 Å². The Morgan fingerprint density at radius 3 is 2.53 bits per heavy atom. The van der Waals surface area contributed by atoms with Crippen molar-refractivity contribution < 1.29 is 4.79 Å². The van der Waals surface area contributed by atoms with Gasteiger partial charge in [-0.05, 0) is 50.2 Å². The highest BCUT2D eigenvalue weighted by atomic mass is 32.1. The largest absolute Gasteiger partial charge is 0.345 e. The van der Waals surface area contributed by atoms with Gasteiger partial charge in [0.1, 0.15) is 12.0 Å². The molecule has 0 spiro atoms. The molecule has 1 N–H and O–H groups in total. The Morgan fingerprint density at radius 1 is 0.947 bits per heavy atom. The van der Waals surface area contributed by atoms with Gasteiger partial charge in [0.2, 0.25) is 5.91 Å². The summed E-state index contributed by atoms with van der Waals surface area (Å²) < 4.78 is 0. The van der Waals surface area contributed by atoms with Gasteiger partial charge in [-0.1, -0.05) is 0 Å². The molecule has 0 unspecified atom stereocenters. The van der Waals surface area contributed by atoms with Crippen LogP contribution in [0.3, 0.4) is 0 Å². The number of aromatic nitrogens is 6. The molecule has 0 saturated carbocycles. The number of thiazole rings is 1. The lowest BCUT2D eigenvalue weighted by Gasteiger charge is -2.35. The van der Waals surface area contributed by atoms with E-state index >= 15 is 0 Å². The molecule has 1 aromatic carbocycles. The number of carbonyl (C=O) groups excluding carboxylic acids is 1. The zero-order chi connectivity index (χ0) is 25.7. The number of amides is 1. The maximum Gasteiger partial charge on any atom is 0.236 e. The van der Waals surface area contributed by atoms with Crippen molar-refractivity contribution in [3.8, 4) is 11.3 Å². The number of hydrogen-bond acceptors (Lipinski definition) is 9. The molecule has 2 fully saturated rings. The Bertz CT molecular complexity index is 1490. The van der Waals surface area contributed by atoms with Crippen molar-refractivity contribution in [3.05, 3.63) is 60.8 Å². The second-order valence-corrected chi connectivity index (χ2v) is 10.3. The van der Waals surface area contributed by atoms with Gasteiger partial charge in [-0.25, -0.2) is 15.0 Å². The molecule has 38 heavy (non-hydrogen) atoms. The molecule has 0 radical (unpaired) electrons. The van der Waals surface area contributed by atoms with Crippen LogP contribution in [0.5, 0.6) is 0 Å². The minimum atomic E-state index is 0.292. The van der Waals surface area contributed by atoms with Crippen LogP contribution < -0.4 is 4.90 Å². The van der Waals surface area contributed by atoms with Gasteiger partial charge < -0.3 is 9.80 Å². The molecule has 2 saturated heterocycles. The Labute approximate surface area is 224 Å². The fourth-order valence-corrected chi connectivity index (χ4v) is 5.67. The fraction of sp³-hybridized carbons (Fsp3) is 0.333. The first-order valence-electron chi connectivity index (χ1n) is 12.9. The molecular formula is C27H29N9OS. The van der Waals surface area contributed by atoms with Gasteiger partial charge in [0.15, 0.2) is 5.13 Å². The van der Waals surface area contributed by atoms with Gasteiger partial charge in [0.05, 0.1) is 17.6 Å². The smallest absolute Gasteiger partial charge is 0.236 e. The number of H-pyrrole nitrogens is 1. The SMILES string of the molecule is O=C(CN1CCCC1)N1CCN(c2nccs2)CC1.c1cc(-c2n[nH]c3cc4cncnc4cc23)ccn1. The van der Waals surface area contributed by atoms with Crippen molar-refractivity contribution in [2.24, 2.45) is 0 Å². The molecule has 6 heterocycles. The van der Waals surface area contributed by atoms with Gasteiger partial charge in [0, 0.05) is 72.7 Å². The van der Waals surface area contributed by atoms with Gasteiger partial charge in [-0.3, -0.25) is 19.8 Å². The molecule has 11 heteroatoms. The van der Waals surface area contributed by atoms with Crippen molar-refractivity contribution in [1.29, 1.82) is 0 Å². The second kappa shape index (κ2) is 11.2. The summed E-state index contributed by atoms with van der Waals surface area (Å²) in [6.07, 6.45) is 11.2. The number of carbonyl (C=O) groups is 1. The standard InChI is InChI=1S/C14H9N5.C13H20N4OS/c1-3-15-4-2-9(1)14-11-6-12-10(7-16-8-17-12)5-13(11)18-19-14;18-12(11-15-4-1-2-5-15)16-6-8-17(9-7-16)13-14-3-10-19-13/h1-8H,(H,18,19);3,10H,1-2,4-9,11H2. The van der Waals surface area contributed by atoms with Crippen molar-refractivity contribution in [1.82, 2.24) is 39.9 Å². The highest BCUT2D eigenvalue weighted by Gasteiger charge is 2.24. The molecule has 7 rings (SSSR count). The maximum absolute atomic E-state index is 12.2. The van der Waals surface area contributed by atoms with Crippen LogP contribution in [0.25, 0.3) is 33.1 Å². The number of fused-ring (bicyclic) bond motifs is 2. The van der Waals surface area contributed by atoms with Crippen molar-refractivity contribution in [2.75, 3.05) is 50.7 Å².